The second-order valence-corrected chi connectivity index (χ2v) is 8.63. The van der Waals surface area contributed by atoms with Gasteiger partial charge in [-0.05, 0) is 55.2 Å². The van der Waals surface area contributed by atoms with E-state index in [1.807, 2.05) is 0 Å². The van der Waals surface area contributed by atoms with Crippen LogP contribution >= 0.6 is 0 Å². The molecule has 0 saturated heterocycles. The van der Waals surface area contributed by atoms with E-state index in [4.69, 9.17) is 0 Å². The summed E-state index contributed by atoms with van der Waals surface area (Å²) >= 11 is 0. The summed E-state index contributed by atoms with van der Waals surface area (Å²) in [6.45, 7) is 6.62. The van der Waals surface area contributed by atoms with Gasteiger partial charge in [-0.25, -0.2) is 0 Å². The lowest BCUT2D eigenvalue weighted by Crippen LogP contribution is -1.94. The van der Waals surface area contributed by atoms with E-state index in [0.717, 1.165) is 25.7 Å². The Balaban J connectivity index is 1.56. The third kappa shape index (κ3) is 11.1. The highest BCUT2D eigenvalue weighted by Gasteiger charge is 2.01. The van der Waals surface area contributed by atoms with E-state index in [2.05, 4.69) is 68.1 Å². The maximum atomic E-state index is 4.34. The molecule has 29 heavy (non-hydrogen) atoms. The van der Waals surface area contributed by atoms with Crippen molar-refractivity contribution < 1.29 is 0 Å². The van der Waals surface area contributed by atoms with E-state index in [9.17, 15) is 0 Å². The third-order valence-electron chi connectivity index (χ3n) is 5.94. The van der Waals surface area contributed by atoms with Gasteiger partial charge in [0, 0.05) is 0 Å². The Kier molecular flexibility index (Phi) is 12.2. The number of allylic oxidation sites excluding steroid dienone is 1. The molecular formula is C29H42. The van der Waals surface area contributed by atoms with Crippen molar-refractivity contribution in [3.05, 3.63) is 83.4 Å². The summed E-state index contributed by atoms with van der Waals surface area (Å²) < 4.78 is 0. The molecule has 0 N–H and O–H groups in total. The molecule has 0 aliphatic heterocycles. The van der Waals surface area contributed by atoms with E-state index in [1.165, 1.54) is 86.5 Å². The van der Waals surface area contributed by atoms with Gasteiger partial charge in [0.15, 0.2) is 0 Å². The van der Waals surface area contributed by atoms with Gasteiger partial charge >= 0.3 is 0 Å². The SMILES string of the molecule is C=C(CCCCCCCCCCC)CCc1cccc(CCc2ccccc2)c1. The standard InChI is InChI=1S/C29H42/c1-3-4-5-6-7-8-9-10-12-16-26(2)21-22-28-19-15-20-29(25-28)24-23-27-17-13-11-14-18-27/h11,13-15,17-20,25H,2-10,12,16,21-24H2,1H3. The second-order valence-electron chi connectivity index (χ2n) is 8.63. The fourth-order valence-electron chi connectivity index (χ4n) is 4.01. The maximum absolute atomic E-state index is 4.34. The first-order valence-electron chi connectivity index (χ1n) is 12.1. The zero-order chi connectivity index (χ0) is 20.6. The molecule has 0 radical (unpaired) electrons. The van der Waals surface area contributed by atoms with Crippen LogP contribution in [0.25, 0.3) is 0 Å². The minimum Gasteiger partial charge on any atom is -0.0999 e. The molecular weight excluding hydrogens is 348 g/mol. The van der Waals surface area contributed by atoms with Gasteiger partial charge in [0.1, 0.15) is 0 Å². The largest absolute Gasteiger partial charge is 0.0999 e. The molecule has 0 fully saturated rings. The first kappa shape index (κ1) is 23.5. The summed E-state index contributed by atoms with van der Waals surface area (Å²) in [5.74, 6) is 0. The lowest BCUT2D eigenvalue weighted by molar-refractivity contribution is 0.563. The summed E-state index contributed by atoms with van der Waals surface area (Å²) in [7, 11) is 0. The smallest absolute Gasteiger partial charge is 0.0238 e. The molecule has 2 aromatic rings. The number of aryl methyl sites for hydroxylation is 3. The summed E-state index contributed by atoms with van der Waals surface area (Å²) in [6, 6.07) is 20.0. The van der Waals surface area contributed by atoms with Gasteiger partial charge in [-0.1, -0.05) is 125 Å². The molecule has 0 atom stereocenters. The first-order chi connectivity index (χ1) is 14.3. The fraction of sp³-hybridized carbons (Fsp3) is 0.517. The summed E-state index contributed by atoms with van der Waals surface area (Å²) in [4.78, 5) is 0. The van der Waals surface area contributed by atoms with Gasteiger partial charge in [-0.3, -0.25) is 0 Å². The Bertz CT molecular complexity index is 667. The van der Waals surface area contributed by atoms with Crippen LogP contribution in [0.3, 0.4) is 0 Å². The number of unbranched alkanes of at least 4 members (excludes halogenated alkanes) is 8. The average molecular weight is 391 g/mol. The normalized spacial score (nSPS) is 10.9. The van der Waals surface area contributed by atoms with Gasteiger partial charge in [-0.2, -0.15) is 0 Å². The molecule has 0 nitrogen and oxygen atoms in total. The predicted octanol–water partition coefficient (Wildman–Crippen LogP) is 8.88. The van der Waals surface area contributed by atoms with Crippen molar-refractivity contribution in [1.29, 1.82) is 0 Å². The molecule has 0 heterocycles. The number of rotatable bonds is 16. The maximum Gasteiger partial charge on any atom is -0.0238 e. The van der Waals surface area contributed by atoms with Crippen LogP contribution in [0.15, 0.2) is 66.7 Å². The molecule has 0 saturated carbocycles. The Labute approximate surface area is 180 Å². The zero-order valence-electron chi connectivity index (χ0n) is 18.8. The van der Waals surface area contributed by atoms with Gasteiger partial charge in [0.25, 0.3) is 0 Å². The number of hydrogen-bond donors (Lipinski definition) is 0. The monoisotopic (exact) mass is 390 g/mol. The number of hydrogen-bond acceptors (Lipinski definition) is 0. The molecule has 0 amide bonds. The minimum atomic E-state index is 1.12. The molecule has 0 heteroatoms. The average Bonchev–Trinajstić information content (AvgIpc) is 2.76. The van der Waals surface area contributed by atoms with E-state index in [1.54, 1.807) is 0 Å². The Morgan fingerprint density at radius 2 is 1.14 bits per heavy atom. The molecule has 0 unspecified atom stereocenters. The predicted molar refractivity (Wildman–Crippen MR) is 130 cm³/mol. The van der Waals surface area contributed by atoms with E-state index in [0.29, 0.717) is 0 Å². The van der Waals surface area contributed by atoms with Crippen molar-refractivity contribution in [1.82, 2.24) is 0 Å². The minimum absolute atomic E-state index is 1.12. The molecule has 0 aliphatic carbocycles. The van der Waals surface area contributed by atoms with Crippen LogP contribution < -0.4 is 0 Å². The molecule has 158 valence electrons. The number of benzene rings is 2. The molecule has 0 spiro atoms. The molecule has 2 aromatic carbocycles. The highest BCUT2D eigenvalue weighted by Crippen LogP contribution is 2.17. The van der Waals surface area contributed by atoms with E-state index in [-0.39, 0.29) is 0 Å². The quantitative estimate of drug-likeness (QED) is 0.198. The van der Waals surface area contributed by atoms with Crippen LogP contribution in [0.5, 0.6) is 0 Å². The van der Waals surface area contributed by atoms with Crippen molar-refractivity contribution in [2.24, 2.45) is 0 Å². The highest BCUT2D eigenvalue weighted by atomic mass is 14.1. The Morgan fingerprint density at radius 1 is 0.586 bits per heavy atom. The van der Waals surface area contributed by atoms with Crippen LogP contribution in [-0.4, -0.2) is 0 Å². The van der Waals surface area contributed by atoms with Crippen molar-refractivity contribution in [3.8, 4) is 0 Å². The Hall–Kier alpha value is -1.82. The second kappa shape index (κ2) is 15.1. The first-order valence-corrected chi connectivity index (χ1v) is 12.1. The van der Waals surface area contributed by atoms with Crippen LogP contribution in [0.2, 0.25) is 0 Å². The molecule has 0 aromatic heterocycles. The third-order valence-corrected chi connectivity index (χ3v) is 5.94. The van der Waals surface area contributed by atoms with Crippen LogP contribution in [-0.2, 0) is 19.3 Å². The van der Waals surface area contributed by atoms with Gasteiger partial charge < -0.3 is 0 Å². The topological polar surface area (TPSA) is 0 Å². The lowest BCUT2D eigenvalue weighted by Gasteiger charge is -2.08. The fourth-order valence-corrected chi connectivity index (χ4v) is 4.01. The van der Waals surface area contributed by atoms with E-state index >= 15 is 0 Å². The van der Waals surface area contributed by atoms with Crippen LogP contribution in [0.1, 0.15) is 94.2 Å². The molecule has 0 aliphatic rings. The van der Waals surface area contributed by atoms with Crippen LogP contribution in [0.4, 0.5) is 0 Å². The Morgan fingerprint density at radius 3 is 1.83 bits per heavy atom. The summed E-state index contributed by atoms with van der Waals surface area (Å²) in [6.07, 6.45) is 18.3. The van der Waals surface area contributed by atoms with Gasteiger partial charge in [0.2, 0.25) is 0 Å². The van der Waals surface area contributed by atoms with Crippen molar-refractivity contribution in [2.45, 2.75) is 96.8 Å². The van der Waals surface area contributed by atoms with Crippen molar-refractivity contribution in [3.63, 3.8) is 0 Å². The lowest BCUT2D eigenvalue weighted by atomic mass is 9.97. The highest BCUT2D eigenvalue weighted by molar-refractivity contribution is 5.26. The van der Waals surface area contributed by atoms with Gasteiger partial charge in [0.05, 0.1) is 0 Å². The summed E-state index contributed by atoms with van der Waals surface area (Å²) in [5.41, 5.74) is 5.77. The van der Waals surface area contributed by atoms with Crippen LogP contribution in [0, 0.1) is 0 Å². The molecule has 2 rings (SSSR count). The zero-order valence-corrected chi connectivity index (χ0v) is 18.8. The summed E-state index contributed by atoms with van der Waals surface area (Å²) in [5, 5.41) is 0. The van der Waals surface area contributed by atoms with E-state index < -0.39 is 0 Å². The molecule has 0 bridgehead atoms. The van der Waals surface area contributed by atoms with Crippen molar-refractivity contribution in [2.75, 3.05) is 0 Å². The van der Waals surface area contributed by atoms with Gasteiger partial charge in [-0.15, -0.1) is 0 Å². The van der Waals surface area contributed by atoms with Crippen molar-refractivity contribution >= 4 is 0 Å².